The maximum absolute atomic E-state index is 5.83. The Labute approximate surface area is 117 Å². The Hall–Kier alpha value is -0.0500. The average molecular weight is 271 g/mol. The SMILES string of the molecule is CC(=CCl)CN1CC(CC(C)C)NCC1C1CC1. The second-order valence-electron chi connectivity index (χ2n) is 6.52. The summed E-state index contributed by atoms with van der Waals surface area (Å²) in [5.41, 5.74) is 3.02. The topological polar surface area (TPSA) is 15.3 Å². The van der Waals surface area contributed by atoms with Gasteiger partial charge < -0.3 is 5.32 Å². The Bertz CT molecular complexity index is 297. The highest BCUT2D eigenvalue weighted by atomic mass is 35.5. The molecule has 2 aliphatic rings. The quantitative estimate of drug-likeness (QED) is 0.825. The van der Waals surface area contributed by atoms with Gasteiger partial charge >= 0.3 is 0 Å². The van der Waals surface area contributed by atoms with Crippen molar-refractivity contribution in [3.63, 3.8) is 0 Å². The molecule has 0 aromatic carbocycles. The summed E-state index contributed by atoms with van der Waals surface area (Å²) >= 11 is 5.83. The van der Waals surface area contributed by atoms with Gasteiger partial charge in [0.2, 0.25) is 0 Å². The Morgan fingerprint density at radius 1 is 1.44 bits per heavy atom. The molecular formula is C15H27ClN2. The molecule has 0 amide bonds. The molecular weight excluding hydrogens is 244 g/mol. The minimum Gasteiger partial charge on any atom is -0.311 e. The first kappa shape index (κ1) is 14.4. The maximum atomic E-state index is 5.83. The summed E-state index contributed by atoms with van der Waals surface area (Å²) in [7, 11) is 0. The van der Waals surface area contributed by atoms with Crippen LogP contribution >= 0.6 is 11.6 Å². The van der Waals surface area contributed by atoms with Crippen molar-refractivity contribution in [3.05, 3.63) is 11.1 Å². The van der Waals surface area contributed by atoms with Gasteiger partial charge in [0.15, 0.2) is 0 Å². The maximum Gasteiger partial charge on any atom is 0.0253 e. The summed E-state index contributed by atoms with van der Waals surface area (Å²) in [4.78, 5) is 2.66. The van der Waals surface area contributed by atoms with Crippen molar-refractivity contribution in [2.45, 2.75) is 52.1 Å². The van der Waals surface area contributed by atoms with Crippen molar-refractivity contribution in [2.24, 2.45) is 11.8 Å². The standard InChI is InChI=1S/C15H27ClN2/c1-11(2)6-14-10-18(9-12(3)7-16)15(8-17-14)13-4-5-13/h7,11,13-15,17H,4-6,8-10H2,1-3H3. The number of hydrogen-bond donors (Lipinski definition) is 1. The van der Waals surface area contributed by atoms with Crippen LogP contribution in [0.1, 0.15) is 40.0 Å². The number of rotatable bonds is 5. The molecule has 3 heteroatoms. The summed E-state index contributed by atoms with van der Waals surface area (Å²) in [6, 6.07) is 1.39. The first-order valence-corrected chi connectivity index (χ1v) is 7.77. The van der Waals surface area contributed by atoms with Crippen LogP contribution in [0, 0.1) is 11.8 Å². The number of hydrogen-bond acceptors (Lipinski definition) is 2. The van der Waals surface area contributed by atoms with Gasteiger partial charge in [0.05, 0.1) is 0 Å². The summed E-state index contributed by atoms with van der Waals surface area (Å²) in [6.45, 7) is 10.1. The molecule has 1 aliphatic heterocycles. The van der Waals surface area contributed by atoms with E-state index >= 15 is 0 Å². The number of piperazine rings is 1. The van der Waals surface area contributed by atoms with Crippen LogP contribution in [-0.2, 0) is 0 Å². The Morgan fingerprint density at radius 3 is 2.72 bits per heavy atom. The minimum absolute atomic E-state index is 0.656. The smallest absolute Gasteiger partial charge is 0.0253 e. The van der Waals surface area contributed by atoms with Crippen LogP contribution in [-0.4, -0.2) is 36.6 Å². The van der Waals surface area contributed by atoms with Gasteiger partial charge in [-0.05, 0) is 43.6 Å². The van der Waals surface area contributed by atoms with Crippen LogP contribution in [0.4, 0.5) is 0 Å². The monoisotopic (exact) mass is 270 g/mol. The molecule has 1 aliphatic carbocycles. The van der Waals surface area contributed by atoms with Crippen molar-refractivity contribution in [1.29, 1.82) is 0 Å². The predicted octanol–water partition coefficient (Wildman–Crippen LogP) is 3.23. The third kappa shape index (κ3) is 3.97. The van der Waals surface area contributed by atoms with E-state index in [0.717, 1.165) is 31.0 Å². The minimum atomic E-state index is 0.656. The highest BCUT2D eigenvalue weighted by molar-refractivity contribution is 6.25. The van der Waals surface area contributed by atoms with Crippen molar-refractivity contribution in [3.8, 4) is 0 Å². The zero-order chi connectivity index (χ0) is 13.1. The van der Waals surface area contributed by atoms with Crippen LogP contribution in [0.15, 0.2) is 11.1 Å². The second-order valence-corrected chi connectivity index (χ2v) is 6.74. The highest BCUT2D eigenvalue weighted by Crippen LogP contribution is 2.36. The third-order valence-corrected chi connectivity index (χ3v) is 4.47. The van der Waals surface area contributed by atoms with Crippen molar-refractivity contribution in [1.82, 2.24) is 10.2 Å². The summed E-state index contributed by atoms with van der Waals surface area (Å²) in [6.07, 6.45) is 4.11. The van der Waals surface area contributed by atoms with Gasteiger partial charge in [-0.25, -0.2) is 0 Å². The average Bonchev–Trinajstić information content (AvgIpc) is 3.12. The van der Waals surface area contributed by atoms with E-state index in [9.17, 15) is 0 Å². The fraction of sp³-hybridized carbons (Fsp3) is 0.867. The molecule has 1 heterocycles. The largest absolute Gasteiger partial charge is 0.311 e. The van der Waals surface area contributed by atoms with E-state index in [1.165, 1.54) is 31.4 Å². The van der Waals surface area contributed by atoms with Gasteiger partial charge in [-0.3, -0.25) is 4.90 Å². The molecule has 0 aromatic heterocycles. The number of nitrogens with zero attached hydrogens (tertiary/aromatic N) is 1. The molecule has 2 atom stereocenters. The summed E-state index contributed by atoms with van der Waals surface area (Å²) < 4.78 is 0. The lowest BCUT2D eigenvalue weighted by molar-refractivity contribution is 0.118. The van der Waals surface area contributed by atoms with Crippen LogP contribution in [0.3, 0.4) is 0 Å². The van der Waals surface area contributed by atoms with Gasteiger partial charge in [0.25, 0.3) is 0 Å². The van der Waals surface area contributed by atoms with Crippen molar-refractivity contribution in [2.75, 3.05) is 19.6 Å². The molecule has 2 fully saturated rings. The fourth-order valence-corrected chi connectivity index (χ4v) is 3.18. The van der Waals surface area contributed by atoms with Crippen LogP contribution in [0.2, 0.25) is 0 Å². The zero-order valence-corrected chi connectivity index (χ0v) is 12.7. The molecule has 18 heavy (non-hydrogen) atoms. The van der Waals surface area contributed by atoms with E-state index in [1.807, 2.05) is 0 Å². The normalized spacial score (nSPS) is 31.1. The Balaban J connectivity index is 1.94. The highest BCUT2D eigenvalue weighted by Gasteiger charge is 2.38. The van der Waals surface area contributed by atoms with Gasteiger partial charge in [-0.2, -0.15) is 0 Å². The van der Waals surface area contributed by atoms with E-state index in [2.05, 4.69) is 31.0 Å². The van der Waals surface area contributed by atoms with E-state index in [4.69, 9.17) is 11.6 Å². The summed E-state index contributed by atoms with van der Waals surface area (Å²) in [5, 5.41) is 3.75. The predicted molar refractivity (Wildman–Crippen MR) is 78.9 cm³/mol. The molecule has 2 rings (SSSR count). The van der Waals surface area contributed by atoms with Crippen LogP contribution in [0.5, 0.6) is 0 Å². The molecule has 104 valence electrons. The molecule has 0 radical (unpaired) electrons. The molecule has 1 saturated carbocycles. The Morgan fingerprint density at radius 2 is 2.17 bits per heavy atom. The van der Waals surface area contributed by atoms with Gasteiger partial charge in [-0.15, -0.1) is 0 Å². The summed E-state index contributed by atoms with van der Waals surface area (Å²) in [5.74, 6) is 1.70. The lowest BCUT2D eigenvalue weighted by Crippen LogP contribution is -2.57. The lowest BCUT2D eigenvalue weighted by Gasteiger charge is -2.41. The van der Waals surface area contributed by atoms with E-state index in [-0.39, 0.29) is 0 Å². The molecule has 2 nitrogen and oxygen atoms in total. The molecule has 0 bridgehead atoms. The molecule has 0 spiro atoms. The van der Waals surface area contributed by atoms with Crippen LogP contribution < -0.4 is 5.32 Å². The first-order chi connectivity index (χ1) is 8.60. The molecule has 1 N–H and O–H groups in total. The Kier molecular flexibility index (Phi) is 5.11. The first-order valence-electron chi connectivity index (χ1n) is 7.33. The van der Waals surface area contributed by atoms with Gasteiger partial charge in [-0.1, -0.05) is 25.4 Å². The van der Waals surface area contributed by atoms with Crippen molar-refractivity contribution < 1.29 is 0 Å². The molecule has 0 aromatic rings. The third-order valence-electron chi connectivity index (χ3n) is 4.10. The van der Waals surface area contributed by atoms with E-state index in [0.29, 0.717) is 6.04 Å². The second kappa shape index (κ2) is 6.40. The molecule has 1 saturated heterocycles. The van der Waals surface area contributed by atoms with Gasteiger partial charge in [0, 0.05) is 37.3 Å². The zero-order valence-electron chi connectivity index (χ0n) is 12.0. The van der Waals surface area contributed by atoms with Crippen molar-refractivity contribution >= 4 is 11.6 Å². The van der Waals surface area contributed by atoms with E-state index in [1.54, 1.807) is 5.54 Å². The lowest BCUT2D eigenvalue weighted by atomic mass is 9.98. The number of nitrogens with one attached hydrogen (secondary N) is 1. The molecule has 2 unspecified atom stereocenters. The van der Waals surface area contributed by atoms with Gasteiger partial charge in [0.1, 0.15) is 0 Å². The number of halogens is 1. The van der Waals surface area contributed by atoms with E-state index < -0.39 is 0 Å². The fourth-order valence-electron chi connectivity index (χ4n) is 3.11. The van der Waals surface area contributed by atoms with Crippen LogP contribution in [0.25, 0.3) is 0 Å².